The second-order valence-electron chi connectivity index (χ2n) is 5.24. The van der Waals surface area contributed by atoms with E-state index in [0.29, 0.717) is 11.7 Å². The highest BCUT2D eigenvalue weighted by atomic mass is 16.5. The topological polar surface area (TPSA) is 80.7 Å². The highest BCUT2D eigenvalue weighted by Gasteiger charge is 2.28. The van der Waals surface area contributed by atoms with Gasteiger partial charge < -0.3 is 19.5 Å². The van der Waals surface area contributed by atoms with Crippen LogP contribution < -0.4 is 16.2 Å². The van der Waals surface area contributed by atoms with Gasteiger partial charge in [0, 0.05) is 32.6 Å². The molecule has 2 aromatic rings. The predicted octanol–water partition coefficient (Wildman–Crippen LogP) is 0.876. The van der Waals surface area contributed by atoms with Crippen LogP contribution >= 0.6 is 0 Å². The lowest BCUT2D eigenvalue weighted by Gasteiger charge is -2.36. The molecule has 0 aliphatic carbocycles. The van der Waals surface area contributed by atoms with Gasteiger partial charge in [0.25, 0.3) is 0 Å². The third-order valence-corrected chi connectivity index (χ3v) is 4.00. The van der Waals surface area contributed by atoms with E-state index in [4.69, 9.17) is 10.6 Å². The zero-order valence-corrected chi connectivity index (χ0v) is 11.8. The van der Waals surface area contributed by atoms with E-state index in [1.807, 2.05) is 16.8 Å². The van der Waals surface area contributed by atoms with Crippen molar-refractivity contribution >= 4 is 17.3 Å². The van der Waals surface area contributed by atoms with Crippen molar-refractivity contribution in [1.29, 1.82) is 0 Å². The van der Waals surface area contributed by atoms with Crippen LogP contribution in [0.15, 0.2) is 18.6 Å². The average Bonchev–Trinajstić information content (AvgIpc) is 2.95. The van der Waals surface area contributed by atoms with Crippen molar-refractivity contribution < 1.29 is 4.74 Å². The van der Waals surface area contributed by atoms with E-state index >= 15 is 0 Å². The molecule has 1 fully saturated rings. The number of aromatic nitrogens is 3. The number of fused-ring (bicyclic) bond motifs is 1. The first-order valence-electron chi connectivity index (χ1n) is 6.81. The molecule has 7 nitrogen and oxygen atoms in total. The van der Waals surface area contributed by atoms with Crippen LogP contribution in [-0.2, 0) is 4.74 Å². The first kappa shape index (κ1) is 13.1. The van der Waals surface area contributed by atoms with E-state index in [9.17, 15) is 0 Å². The van der Waals surface area contributed by atoms with Crippen LogP contribution in [0, 0.1) is 5.92 Å². The zero-order chi connectivity index (χ0) is 14.1. The number of nitrogens with zero attached hydrogens (tertiary/aromatic N) is 4. The number of hydrogen-bond donors (Lipinski definition) is 2. The molecule has 1 aliphatic heterocycles. The lowest BCUT2D eigenvalue weighted by molar-refractivity contribution is 0.0497. The van der Waals surface area contributed by atoms with Crippen LogP contribution in [0.3, 0.4) is 0 Å². The molecule has 0 spiro atoms. The molecule has 108 valence electrons. The summed E-state index contributed by atoms with van der Waals surface area (Å²) in [5, 5.41) is 0. The fourth-order valence-corrected chi connectivity index (χ4v) is 2.73. The van der Waals surface area contributed by atoms with E-state index < -0.39 is 0 Å². The molecule has 7 heteroatoms. The van der Waals surface area contributed by atoms with E-state index in [-0.39, 0.29) is 6.10 Å². The highest BCUT2D eigenvalue weighted by Crippen LogP contribution is 2.27. The van der Waals surface area contributed by atoms with Crippen LogP contribution in [0.25, 0.3) is 5.65 Å². The van der Waals surface area contributed by atoms with Crippen molar-refractivity contribution in [2.24, 2.45) is 11.8 Å². The van der Waals surface area contributed by atoms with E-state index in [1.165, 1.54) is 0 Å². The Bertz CT molecular complexity index is 598. The molecular formula is C13H20N6O. The third-order valence-electron chi connectivity index (χ3n) is 4.00. The second-order valence-corrected chi connectivity index (χ2v) is 5.24. The summed E-state index contributed by atoms with van der Waals surface area (Å²) in [6.45, 7) is 3.99. The Kier molecular flexibility index (Phi) is 3.45. The number of nitrogen functional groups attached to an aromatic ring is 1. The van der Waals surface area contributed by atoms with Crippen LogP contribution in [0.1, 0.15) is 13.3 Å². The lowest BCUT2D eigenvalue weighted by atomic mass is 9.96. The van der Waals surface area contributed by atoms with Crippen molar-refractivity contribution in [2.75, 3.05) is 30.5 Å². The number of piperidine rings is 1. The fourth-order valence-electron chi connectivity index (χ4n) is 2.73. The van der Waals surface area contributed by atoms with Gasteiger partial charge in [-0.3, -0.25) is 0 Å². The Hall–Kier alpha value is -1.86. The molecule has 3 heterocycles. The number of nitrogens with two attached hydrogens (primary N) is 1. The number of imidazole rings is 1. The normalized spacial score (nSPS) is 23.2. The molecule has 0 radical (unpaired) electrons. The molecule has 0 saturated carbocycles. The average molecular weight is 276 g/mol. The molecule has 0 bridgehead atoms. The van der Waals surface area contributed by atoms with E-state index in [2.05, 4.69) is 27.2 Å². The lowest BCUT2D eigenvalue weighted by Crippen LogP contribution is -2.44. The van der Waals surface area contributed by atoms with Gasteiger partial charge >= 0.3 is 0 Å². The summed E-state index contributed by atoms with van der Waals surface area (Å²) in [4.78, 5) is 11.2. The van der Waals surface area contributed by atoms with Crippen molar-refractivity contribution in [1.82, 2.24) is 14.4 Å². The number of anilines is 2. The Morgan fingerprint density at radius 1 is 1.50 bits per heavy atom. The smallest absolute Gasteiger partial charge is 0.180 e. The molecule has 2 unspecified atom stereocenters. The highest BCUT2D eigenvalue weighted by molar-refractivity contribution is 5.67. The molecule has 2 atom stereocenters. The Labute approximate surface area is 117 Å². The Morgan fingerprint density at radius 3 is 3.10 bits per heavy atom. The first-order valence-corrected chi connectivity index (χ1v) is 6.81. The third kappa shape index (κ3) is 2.19. The predicted molar refractivity (Wildman–Crippen MR) is 77.6 cm³/mol. The molecule has 3 N–H and O–H groups in total. The van der Waals surface area contributed by atoms with Crippen molar-refractivity contribution in [3.05, 3.63) is 18.6 Å². The maximum atomic E-state index is 5.57. The Balaban J connectivity index is 1.98. The number of hydrazine groups is 1. The number of rotatable bonds is 3. The number of methoxy groups -OCH3 is 1. The number of ether oxygens (including phenoxy) is 1. The fraction of sp³-hybridized carbons (Fsp3) is 0.538. The second kappa shape index (κ2) is 5.26. The SMILES string of the molecule is COC1CN(c2nc(NN)cn3ccnc23)CCC1C. The minimum atomic E-state index is 0.218. The van der Waals surface area contributed by atoms with Gasteiger partial charge in [0.15, 0.2) is 17.3 Å². The van der Waals surface area contributed by atoms with Crippen LogP contribution in [0.5, 0.6) is 0 Å². The van der Waals surface area contributed by atoms with E-state index in [0.717, 1.165) is 31.0 Å². The summed E-state index contributed by atoms with van der Waals surface area (Å²) in [5.74, 6) is 7.52. The maximum Gasteiger partial charge on any atom is 0.180 e. The summed E-state index contributed by atoms with van der Waals surface area (Å²) in [5.41, 5.74) is 3.45. The van der Waals surface area contributed by atoms with Crippen molar-refractivity contribution in [3.8, 4) is 0 Å². The summed E-state index contributed by atoms with van der Waals surface area (Å²) >= 11 is 0. The summed E-state index contributed by atoms with van der Waals surface area (Å²) in [7, 11) is 1.76. The van der Waals surface area contributed by atoms with Crippen LogP contribution in [0.2, 0.25) is 0 Å². The van der Waals surface area contributed by atoms with Gasteiger partial charge in [-0.2, -0.15) is 0 Å². The molecule has 2 aromatic heterocycles. The zero-order valence-electron chi connectivity index (χ0n) is 11.8. The first-order chi connectivity index (χ1) is 9.72. The molecule has 1 saturated heterocycles. The van der Waals surface area contributed by atoms with Gasteiger partial charge in [-0.05, 0) is 12.3 Å². The van der Waals surface area contributed by atoms with Crippen molar-refractivity contribution in [3.63, 3.8) is 0 Å². The molecule has 1 aliphatic rings. The Morgan fingerprint density at radius 2 is 2.35 bits per heavy atom. The van der Waals surface area contributed by atoms with Gasteiger partial charge in [0.1, 0.15) is 0 Å². The minimum Gasteiger partial charge on any atom is -0.379 e. The number of nitrogens with one attached hydrogen (secondary N) is 1. The number of hydrogen-bond acceptors (Lipinski definition) is 6. The van der Waals surface area contributed by atoms with Gasteiger partial charge in [-0.25, -0.2) is 15.8 Å². The van der Waals surface area contributed by atoms with Crippen molar-refractivity contribution in [2.45, 2.75) is 19.4 Å². The van der Waals surface area contributed by atoms with E-state index in [1.54, 1.807) is 13.3 Å². The summed E-state index contributed by atoms with van der Waals surface area (Å²) in [6.07, 6.45) is 6.78. The monoisotopic (exact) mass is 276 g/mol. The maximum absolute atomic E-state index is 5.57. The molecule has 0 aromatic carbocycles. The van der Waals surface area contributed by atoms with Crippen LogP contribution in [-0.4, -0.2) is 40.7 Å². The molecule has 3 rings (SSSR count). The summed E-state index contributed by atoms with van der Waals surface area (Å²) < 4.78 is 7.50. The van der Waals surface area contributed by atoms with Gasteiger partial charge in [0.05, 0.1) is 12.3 Å². The van der Waals surface area contributed by atoms with Gasteiger partial charge in [-0.1, -0.05) is 6.92 Å². The summed E-state index contributed by atoms with van der Waals surface area (Å²) in [6, 6.07) is 0. The van der Waals surface area contributed by atoms with Gasteiger partial charge in [0.2, 0.25) is 0 Å². The molecule has 20 heavy (non-hydrogen) atoms. The molecular weight excluding hydrogens is 256 g/mol. The van der Waals surface area contributed by atoms with Crippen LogP contribution in [0.4, 0.5) is 11.6 Å². The largest absolute Gasteiger partial charge is 0.379 e. The quantitative estimate of drug-likeness (QED) is 0.640. The minimum absolute atomic E-state index is 0.218. The van der Waals surface area contributed by atoms with Gasteiger partial charge in [-0.15, -0.1) is 0 Å². The molecule has 0 amide bonds. The standard InChI is InChI=1S/C13H20N6O/c1-9-3-5-18(7-10(9)20-2)13-12-15-4-6-19(12)8-11(16-13)17-14/h4,6,8-10,17H,3,5,7,14H2,1-2H3.